The third-order valence-electron chi connectivity index (χ3n) is 6.22. The average Bonchev–Trinajstić information content (AvgIpc) is 3.57. The second kappa shape index (κ2) is 17.6. The zero-order valence-corrected chi connectivity index (χ0v) is 22.0. The van der Waals surface area contributed by atoms with Crippen LogP contribution in [0.15, 0.2) is 9.98 Å². The van der Waals surface area contributed by atoms with Gasteiger partial charge in [0, 0.05) is 78.5 Å². The summed E-state index contributed by atoms with van der Waals surface area (Å²) in [4.78, 5) is 34.1. The highest BCUT2D eigenvalue weighted by Gasteiger charge is 2.19. The predicted octanol–water partition coefficient (Wildman–Crippen LogP) is 0.775. The molecule has 0 bridgehead atoms. The number of rotatable bonds is 16. The molecule has 0 aromatic heterocycles. The molecule has 0 aromatic carbocycles. The summed E-state index contributed by atoms with van der Waals surface area (Å²) in [5, 5.41) is 20.7. The Morgan fingerprint density at radius 3 is 1.62 bits per heavy atom. The Balaban J connectivity index is 1.57. The maximum atomic E-state index is 10.9. The van der Waals surface area contributed by atoms with Crippen LogP contribution in [0, 0.1) is 32.1 Å². The minimum atomic E-state index is -0.589. The number of aliphatic imine (C=N–C) groups is 2. The van der Waals surface area contributed by atoms with Gasteiger partial charge < -0.3 is 24.0 Å². The summed E-state index contributed by atoms with van der Waals surface area (Å²) in [6.45, 7) is 6.16. The van der Waals surface area contributed by atoms with Gasteiger partial charge in [-0.2, -0.15) is 0 Å². The molecule has 0 spiro atoms. The summed E-state index contributed by atoms with van der Waals surface area (Å²) in [6.07, 6.45) is 5.10. The van der Waals surface area contributed by atoms with Crippen LogP contribution in [0.1, 0.15) is 38.5 Å². The normalized spacial score (nSPS) is 20.2. The third kappa shape index (κ3) is 13.4. The summed E-state index contributed by atoms with van der Waals surface area (Å²) >= 11 is 0. The molecule has 2 atom stereocenters. The second-order valence-electron chi connectivity index (χ2n) is 9.40. The number of nitro groups is 2. The molecule has 0 saturated carbocycles. The maximum absolute atomic E-state index is 10.9. The van der Waals surface area contributed by atoms with Crippen LogP contribution in [-0.2, 0) is 14.2 Å². The van der Waals surface area contributed by atoms with Crippen molar-refractivity contribution < 1.29 is 24.3 Å². The van der Waals surface area contributed by atoms with E-state index in [1.165, 1.54) is 0 Å². The Morgan fingerprint density at radius 1 is 0.838 bits per heavy atom. The highest BCUT2D eigenvalue weighted by molar-refractivity contribution is 5.78. The van der Waals surface area contributed by atoms with Gasteiger partial charge in [-0.25, -0.2) is 30.2 Å². The standard InChI is InChI=1S/C22H42N8O7/c1-27(21(25-29(31)32)23-15-19-7-13-36-17-19)9-3-5-11-35-12-6-4-10-28(2)22(26-30(33)34)24-16-20-8-14-37-18-20/h19-20H,3-18H2,1-2H3,(H,23,25)(H,24,26). The van der Waals surface area contributed by atoms with E-state index in [1.807, 2.05) is 0 Å². The van der Waals surface area contributed by atoms with Gasteiger partial charge in [-0.1, -0.05) is 10.9 Å². The van der Waals surface area contributed by atoms with E-state index in [1.54, 1.807) is 23.9 Å². The zero-order valence-electron chi connectivity index (χ0n) is 22.0. The molecular formula is C22H42N8O7. The topological polar surface area (TPSA) is 169 Å². The fraction of sp³-hybridized carbons (Fsp3) is 0.909. The Kier molecular flexibility index (Phi) is 14.5. The quantitative estimate of drug-likeness (QED) is 0.0950. The molecule has 15 heteroatoms. The van der Waals surface area contributed by atoms with Crippen molar-refractivity contribution in [1.29, 1.82) is 0 Å². The van der Waals surface area contributed by atoms with Crippen LogP contribution < -0.4 is 10.9 Å². The fourth-order valence-corrected chi connectivity index (χ4v) is 3.95. The Morgan fingerprint density at radius 2 is 1.27 bits per heavy atom. The average molecular weight is 531 g/mol. The Bertz CT molecular complexity index is 683. The summed E-state index contributed by atoms with van der Waals surface area (Å²) in [6, 6.07) is 0. The molecule has 2 rings (SSSR count). The van der Waals surface area contributed by atoms with E-state index in [4.69, 9.17) is 14.2 Å². The first-order valence-electron chi connectivity index (χ1n) is 12.9. The Labute approximate surface area is 217 Å². The first-order chi connectivity index (χ1) is 17.8. The number of hydrogen-bond donors (Lipinski definition) is 2. The number of nitrogens with zero attached hydrogens (tertiary/aromatic N) is 6. The second-order valence-corrected chi connectivity index (χ2v) is 9.40. The van der Waals surface area contributed by atoms with Crippen molar-refractivity contribution in [2.24, 2.45) is 21.8 Å². The van der Waals surface area contributed by atoms with E-state index >= 15 is 0 Å². The lowest BCUT2D eigenvalue weighted by atomic mass is 10.1. The van der Waals surface area contributed by atoms with Gasteiger partial charge in [0.2, 0.25) is 0 Å². The molecule has 37 heavy (non-hydrogen) atoms. The van der Waals surface area contributed by atoms with Crippen LogP contribution in [0.4, 0.5) is 0 Å². The van der Waals surface area contributed by atoms with Crippen molar-refractivity contribution in [2.75, 3.05) is 79.9 Å². The predicted molar refractivity (Wildman–Crippen MR) is 137 cm³/mol. The monoisotopic (exact) mass is 530 g/mol. The molecule has 2 N–H and O–H groups in total. The van der Waals surface area contributed by atoms with E-state index < -0.39 is 10.1 Å². The van der Waals surface area contributed by atoms with E-state index in [9.17, 15) is 20.2 Å². The van der Waals surface area contributed by atoms with Gasteiger partial charge in [0.25, 0.3) is 11.9 Å². The molecule has 15 nitrogen and oxygen atoms in total. The number of hydrazine groups is 2. The summed E-state index contributed by atoms with van der Waals surface area (Å²) in [5.74, 6) is 1.13. The van der Waals surface area contributed by atoms with Gasteiger partial charge in [0.05, 0.1) is 13.2 Å². The molecule has 0 aliphatic carbocycles. The van der Waals surface area contributed by atoms with Crippen LogP contribution in [0.5, 0.6) is 0 Å². The van der Waals surface area contributed by atoms with Crippen molar-refractivity contribution in [2.45, 2.75) is 38.5 Å². The summed E-state index contributed by atoms with van der Waals surface area (Å²) in [7, 11) is 3.56. The number of ether oxygens (including phenoxy) is 3. The molecule has 0 aromatic rings. The first kappa shape index (κ1) is 30.4. The summed E-state index contributed by atoms with van der Waals surface area (Å²) in [5.41, 5.74) is 4.39. The van der Waals surface area contributed by atoms with Gasteiger partial charge in [-0.3, -0.25) is 0 Å². The Hall–Kier alpha value is -2.78. The third-order valence-corrected chi connectivity index (χ3v) is 6.22. The lowest BCUT2D eigenvalue weighted by Gasteiger charge is -2.19. The first-order valence-corrected chi connectivity index (χ1v) is 12.9. The minimum absolute atomic E-state index is 0.257. The lowest BCUT2D eigenvalue weighted by molar-refractivity contribution is -0.526. The lowest BCUT2D eigenvalue weighted by Crippen LogP contribution is -2.42. The molecule has 212 valence electrons. The highest BCUT2D eigenvalue weighted by Crippen LogP contribution is 2.13. The van der Waals surface area contributed by atoms with E-state index in [0.29, 0.717) is 64.4 Å². The largest absolute Gasteiger partial charge is 0.381 e. The van der Waals surface area contributed by atoms with E-state index in [0.717, 1.165) is 51.7 Å². The molecule has 0 radical (unpaired) electrons. The number of nitrogens with one attached hydrogen (secondary N) is 2. The number of unbranched alkanes of at least 4 members (excludes halogenated alkanes) is 2. The zero-order chi connectivity index (χ0) is 26.9. The van der Waals surface area contributed by atoms with E-state index in [2.05, 4.69) is 20.8 Å². The molecule has 2 saturated heterocycles. The van der Waals surface area contributed by atoms with Crippen LogP contribution in [0.3, 0.4) is 0 Å². The van der Waals surface area contributed by atoms with Gasteiger partial charge in [-0.05, 0) is 38.5 Å². The van der Waals surface area contributed by atoms with Crippen molar-refractivity contribution in [1.82, 2.24) is 20.7 Å². The maximum Gasteiger partial charge on any atom is 0.256 e. The van der Waals surface area contributed by atoms with E-state index in [-0.39, 0.29) is 11.9 Å². The van der Waals surface area contributed by atoms with Gasteiger partial charge >= 0.3 is 0 Å². The van der Waals surface area contributed by atoms with Gasteiger partial charge in [-0.15, -0.1) is 0 Å². The molecule has 2 aliphatic heterocycles. The summed E-state index contributed by atoms with van der Waals surface area (Å²) < 4.78 is 16.4. The molecular weight excluding hydrogens is 488 g/mol. The molecule has 2 aliphatic rings. The van der Waals surface area contributed by atoms with Crippen LogP contribution in [-0.4, -0.2) is 112 Å². The van der Waals surface area contributed by atoms with Crippen molar-refractivity contribution in [3.8, 4) is 0 Å². The molecule has 2 fully saturated rings. The van der Waals surface area contributed by atoms with Crippen LogP contribution in [0.25, 0.3) is 0 Å². The molecule has 2 unspecified atom stereocenters. The smallest absolute Gasteiger partial charge is 0.256 e. The molecule has 2 heterocycles. The SMILES string of the molecule is CN(CCCCOCCCCN(C)C(=NCC1CCOC1)N[N+](=O)[O-])C(=NCC1CCOC1)N[N+](=O)[O-]. The van der Waals surface area contributed by atoms with Crippen molar-refractivity contribution in [3.05, 3.63) is 20.2 Å². The highest BCUT2D eigenvalue weighted by atomic mass is 16.7. The number of guanidine groups is 2. The van der Waals surface area contributed by atoms with Gasteiger partial charge in [0.1, 0.15) is 0 Å². The van der Waals surface area contributed by atoms with Crippen molar-refractivity contribution >= 4 is 11.9 Å². The minimum Gasteiger partial charge on any atom is -0.381 e. The molecule has 0 amide bonds. The number of hydrogen-bond acceptors (Lipinski definition) is 9. The fourth-order valence-electron chi connectivity index (χ4n) is 3.95. The van der Waals surface area contributed by atoms with Crippen LogP contribution in [0.2, 0.25) is 0 Å². The van der Waals surface area contributed by atoms with Gasteiger partial charge in [0.15, 0.2) is 10.1 Å². The van der Waals surface area contributed by atoms with Crippen LogP contribution >= 0.6 is 0 Å². The van der Waals surface area contributed by atoms with Crippen molar-refractivity contribution in [3.63, 3.8) is 0 Å².